The highest BCUT2D eigenvalue weighted by atomic mass is 16.3. The highest BCUT2D eigenvalue weighted by molar-refractivity contribution is 5.11. The SMILES string of the molecule is C=C(CO)[C@H]1C/C=C(\C)CC/C=C(\C)CC/C=C(/C)CC1. The van der Waals surface area contributed by atoms with Gasteiger partial charge in [-0.05, 0) is 77.2 Å². The second-order valence-corrected chi connectivity index (χ2v) is 6.52. The zero-order valence-electron chi connectivity index (χ0n) is 14.1. The highest BCUT2D eigenvalue weighted by Gasteiger charge is 2.11. The normalized spacial score (nSPS) is 30.1. The topological polar surface area (TPSA) is 20.2 Å². The Kier molecular flexibility index (Phi) is 8.37. The number of aliphatic hydroxyl groups is 1. The van der Waals surface area contributed by atoms with Gasteiger partial charge in [-0.3, -0.25) is 0 Å². The molecule has 0 fully saturated rings. The molecular weight excluding hydrogens is 256 g/mol. The first-order valence-electron chi connectivity index (χ1n) is 8.28. The first-order chi connectivity index (χ1) is 10.0. The minimum absolute atomic E-state index is 0.113. The van der Waals surface area contributed by atoms with Gasteiger partial charge in [-0.15, -0.1) is 0 Å². The monoisotopic (exact) mass is 288 g/mol. The molecule has 1 aliphatic rings. The van der Waals surface area contributed by atoms with Crippen LogP contribution in [0.25, 0.3) is 0 Å². The van der Waals surface area contributed by atoms with Crippen molar-refractivity contribution in [1.82, 2.24) is 0 Å². The van der Waals surface area contributed by atoms with Gasteiger partial charge in [0.2, 0.25) is 0 Å². The van der Waals surface area contributed by atoms with E-state index in [0.29, 0.717) is 5.92 Å². The second-order valence-electron chi connectivity index (χ2n) is 6.52. The van der Waals surface area contributed by atoms with E-state index in [-0.39, 0.29) is 6.61 Å². The van der Waals surface area contributed by atoms with Crippen molar-refractivity contribution in [2.75, 3.05) is 6.61 Å². The minimum atomic E-state index is 0.113. The van der Waals surface area contributed by atoms with Crippen LogP contribution in [-0.2, 0) is 0 Å². The molecule has 0 aromatic rings. The predicted octanol–water partition coefficient (Wildman–Crippen LogP) is 5.73. The van der Waals surface area contributed by atoms with Crippen molar-refractivity contribution in [3.05, 3.63) is 47.1 Å². The molecule has 0 heterocycles. The van der Waals surface area contributed by atoms with Crippen LogP contribution in [0.5, 0.6) is 0 Å². The Bertz CT molecular complexity index is 423. The summed E-state index contributed by atoms with van der Waals surface area (Å²) in [7, 11) is 0. The summed E-state index contributed by atoms with van der Waals surface area (Å²) >= 11 is 0. The smallest absolute Gasteiger partial charge is 0.0641 e. The van der Waals surface area contributed by atoms with Crippen molar-refractivity contribution in [2.45, 2.75) is 65.7 Å². The van der Waals surface area contributed by atoms with Gasteiger partial charge in [-0.1, -0.05) is 41.5 Å². The van der Waals surface area contributed by atoms with Gasteiger partial charge >= 0.3 is 0 Å². The van der Waals surface area contributed by atoms with Gasteiger partial charge in [0, 0.05) is 0 Å². The minimum Gasteiger partial charge on any atom is -0.392 e. The maximum Gasteiger partial charge on any atom is 0.0641 e. The van der Waals surface area contributed by atoms with Gasteiger partial charge in [0.25, 0.3) is 0 Å². The fraction of sp³-hybridized carbons (Fsp3) is 0.600. The van der Waals surface area contributed by atoms with E-state index in [9.17, 15) is 5.11 Å². The third-order valence-electron chi connectivity index (χ3n) is 4.48. The Hall–Kier alpha value is -1.08. The van der Waals surface area contributed by atoms with Gasteiger partial charge < -0.3 is 5.11 Å². The van der Waals surface area contributed by atoms with Gasteiger partial charge in [0.1, 0.15) is 0 Å². The van der Waals surface area contributed by atoms with Gasteiger partial charge in [0.05, 0.1) is 6.61 Å². The highest BCUT2D eigenvalue weighted by Crippen LogP contribution is 2.24. The Morgan fingerprint density at radius 2 is 1.52 bits per heavy atom. The number of hydrogen-bond acceptors (Lipinski definition) is 1. The number of rotatable bonds is 2. The molecule has 1 nitrogen and oxygen atoms in total. The second kappa shape index (κ2) is 9.78. The maximum atomic E-state index is 9.38. The summed E-state index contributed by atoms with van der Waals surface area (Å²) in [5, 5.41) is 9.38. The molecule has 21 heavy (non-hydrogen) atoms. The van der Waals surface area contributed by atoms with E-state index in [2.05, 4.69) is 45.6 Å². The van der Waals surface area contributed by atoms with Crippen molar-refractivity contribution in [2.24, 2.45) is 5.92 Å². The molecule has 0 saturated heterocycles. The molecule has 0 aromatic heterocycles. The summed E-state index contributed by atoms with van der Waals surface area (Å²) < 4.78 is 0. The largest absolute Gasteiger partial charge is 0.392 e. The fourth-order valence-electron chi connectivity index (χ4n) is 2.76. The fourth-order valence-corrected chi connectivity index (χ4v) is 2.76. The molecule has 0 bridgehead atoms. The quantitative estimate of drug-likeness (QED) is 0.643. The Balaban J connectivity index is 2.80. The Morgan fingerprint density at radius 1 is 1.00 bits per heavy atom. The van der Waals surface area contributed by atoms with Gasteiger partial charge in [-0.25, -0.2) is 0 Å². The summed E-state index contributed by atoms with van der Waals surface area (Å²) in [5.41, 5.74) is 5.42. The van der Waals surface area contributed by atoms with Crippen molar-refractivity contribution in [3.8, 4) is 0 Å². The van der Waals surface area contributed by atoms with Crippen LogP contribution in [0.4, 0.5) is 0 Å². The van der Waals surface area contributed by atoms with Crippen LogP contribution >= 0.6 is 0 Å². The Morgan fingerprint density at radius 3 is 2.10 bits per heavy atom. The molecule has 0 unspecified atom stereocenters. The molecular formula is C20H32O. The standard InChI is InChI=1S/C20H32O/c1-16-7-5-9-17(2)11-13-20(19(4)15-21)14-12-18(3)10-6-8-16/h7,10-11,20-21H,4-6,8-9,12-15H2,1-3H3/b16-7+,17-11+,18-10-/t20-/m0/s1. The van der Waals surface area contributed by atoms with Gasteiger partial charge in [-0.2, -0.15) is 0 Å². The number of allylic oxidation sites excluding steroid dienone is 6. The van der Waals surface area contributed by atoms with E-state index in [0.717, 1.165) is 44.1 Å². The van der Waals surface area contributed by atoms with Crippen molar-refractivity contribution >= 4 is 0 Å². The lowest BCUT2D eigenvalue weighted by atomic mass is 9.89. The molecule has 0 spiro atoms. The molecule has 1 N–H and O–H groups in total. The van der Waals surface area contributed by atoms with Crippen molar-refractivity contribution < 1.29 is 5.11 Å². The molecule has 0 radical (unpaired) electrons. The molecule has 0 saturated carbocycles. The lowest BCUT2D eigenvalue weighted by Crippen LogP contribution is -2.07. The number of hydrogen-bond donors (Lipinski definition) is 1. The first kappa shape index (κ1) is 18.0. The molecule has 118 valence electrons. The molecule has 0 aliphatic heterocycles. The predicted molar refractivity (Wildman–Crippen MR) is 93.3 cm³/mol. The summed E-state index contributed by atoms with van der Waals surface area (Å²) in [6, 6.07) is 0. The third kappa shape index (κ3) is 7.47. The number of aliphatic hydroxyl groups excluding tert-OH is 1. The molecule has 1 rings (SSSR count). The van der Waals surface area contributed by atoms with Crippen molar-refractivity contribution in [1.29, 1.82) is 0 Å². The first-order valence-corrected chi connectivity index (χ1v) is 8.28. The lowest BCUT2D eigenvalue weighted by molar-refractivity contribution is 0.311. The van der Waals surface area contributed by atoms with Crippen LogP contribution in [0.3, 0.4) is 0 Å². The summed E-state index contributed by atoms with van der Waals surface area (Å²) in [6.07, 6.45) is 14.9. The van der Waals surface area contributed by atoms with Crippen molar-refractivity contribution in [3.63, 3.8) is 0 Å². The van der Waals surface area contributed by atoms with E-state index in [1.807, 2.05) is 0 Å². The molecule has 1 aliphatic carbocycles. The maximum absolute atomic E-state index is 9.38. The Labute approximate surface area is 131 Å². The lowest BCUT2D eigenvalue weighted by Gasteiger charge is -2.17. The summed E-state index contributed by atoms with van der Waals surface area (Å²) in [4.78, 5) is 0. The average molecular weight is 288 g/mol. The average Bonchev–Trinajstić information content (AvgIpc) is 2.45. The molecule has 1 atom stereocenters. The van der Waals surface area contributed by atoms with E-state index in [4.69, 9.17) is 0 Å². The van der Waals surface area contributed by atoms with E-state index >= 15 is 0 Å². The van der Waals surface area contributed by atoms with Crippen LogP contribution in [0.2, 0.25) is 0 Å². The summed E-state index contributed by atoms with van der Waals surface area (Å²) in [6.45, 7) is 10.9. The van der Waals surface area contributed by atoms with Crippen LogP contribution in [-0.4, -0.2) is 11.7 Å². The van der Waals surface area contributed by atoms with Crippen LogP contribution in [0, 0.1) is 5.92 Å². The molecule has 0 amide bonds. The zero-order chi connectivity index (χ0) is 15.7. The van der Waals surface area contributed by atoms with Crippen LogP contribution in [0.15, 0.2) is 47.1 Å². The summed E-state index contributed by atoms with van der Waals surface area (Å²) in [5.74, 6) is 0.411. The molecule has 1 heteroatoms. The van der Waals surface area contributed by atoms with E-state index < -0.39 is 0 Å². The van der Waals surface area contributed by atoms with Crippen LogP contribution in [0.1, 0.15) is 65.7 Å². The van der Waals surface area contributed by atoms with E-state index in [1.54, 1.807) is 0 Å². The zero-order valence-corrected chi connectivity index (χ0v) is 14.1. The molecule has 0 aromatic carbocycles. The third-order valence-corrected chi connectivity index (χ3v) is 4.48. The van der Waals surface area contributed by atoms with Gasteiger partial charge in [0.15, 0.2) is 0 Å². The van der Waals surface area contributed by atoms with Crippen LogP contribution < -0.4 is 0 Å². The van der Waals surface area contributed by atoms with E-state index in [1.165, 1.54) is 23.1 Å².